The van der Waals surface area contributed by atoms with Crippen LogP contribution in [0.4, 0.5) is 0 Å². The largest absolute Gasteiger partial charge is 0.467 e. The third-order valence-corrected chi connectivity index (χ3v) is 6.49. The molecule has 0 aromatic rings. The van der Waals surface area contributed by atoms with Gasteiger partial charge < -0.3 is 19.9 Å². The third kappa shape index (κ3) is 9.33. The summed E-state index contributed by atoms with van der Waals surface area (Å²) in [5, 5.41) is 2.78. The lowest BCUT2D eigenvalue weighted by molar-refractivity contribution is -0.150. The summed E-state index contributed by atoms with van der Waals surface area (Å²) in [6.45, 7) is 15.5. The zero-order chi connectivity index (χ0) is 26.0. The van der Waals surface area contributed by atoms with Crippen molar-refractivity contribution in [2.24, 2.45) is 23.7 Å². The first-order valence-electron chi connectivity index (χ1n) is 12.1. The molecule has 0 spiro atoms. The first-order chi connectivity index (χ1) is 15.2. The molecule has 0 aliphatic heterocycles. The lowest BCUT2D eigenvalue weighted by Gasteiger charge is -2.35. The van der Waals surface area contributed by atoms with Gasteiger partial charge in [0, 0.05) is 20.0 Å². The van der Waals surface area contributed by atoms with Crippen LogP contribution in [0.5, 0.6) is 0 Å². The van der Waals surface area contributed by atoms with E-state index >= 15 is 0 Å². The Bertz CT molecular complexity index is 664. The molecule has 0 aromatic heterocycles. The predicted octanol–water partition coefficient (Wildman–Crippen LogP) is 3.09. The molecular formula is C25H47N3O5. The number of hydrogen-bond acceptors (Lipinski definition) is 5. The molecule has 0 saturated heterocycles. The standard InChI is InChI=1S/C25H47N3O5/c1-12-17(6)18(7)23(30)27(9)19(8)24(31)28(10)21(14-16(4)5)22(29)26-20(13-15(2)3)25(32)33-11/h15-21H,12-14H2,1-11H3,(H,26,29)/t17-,18+,19-,20-,21-/m0/s1. The van der Waals surface area contributed by atoms with Crippen LogP contribution < -0.4 is 5.32 Å². The normalized spacial score (nSPS) is 15.9. The Kier molecular flexibility index (Phi) is 13.3. The molecule has 1 N–H and O–H groups in total. The highest BCUT2D eigenvalue weighted by Crippen LogP contribution is 2.20. The molecule has 5 atom stereocenters. The number of methoxy groups -OCH3 is 1. The second-order valence-corrected chi connectivity index (χ2v) is 10.1. The van der Waals surface area contributed by atoms with Gasteiger partial charge in [0.05, 0.1) is 7.11 Å². The monoisotopic (exact) mass is 469 g/mol. The highest BCUT2D eigenvalue weighted by atomic mass is 16.5. The van der Waals surface area contributed by atoms with E-state index in [4.69, 9.17) is 4.74 Å². The highest BCUT2D eigenvalue weighted by molar-refractivity contribution is 5.93. The van der Waals surface area contributed by atoms with E-state index in [9.17, 15) is 19.2 Å². The van der Waals surface area contributed by atoms with Crippen LogP contribution in [0.15, 0.2) is 0 Å². The molecule has 0 aromatic carbocycles. The fourth-order valence-corrected chi connectivity index (χ4v) is 3.71. The van der Waals surface area contributed by atoms with E-state index in [0.29, 0.717) is 12.8 Å². The summed E-state index contributed by atoms with van der Waals surface area (Å²) in [5.41, 5.74) is 0. The summed E-state index contributed by atoms with van der Waals surface area (Å²) >= 11 is 0. The van der Waals surface area contributed by atoms with Gasteiger partial charge in [0.1, 0.15) is 18.1 Å². The summed E-state index contributed by atoms with van der Waals surface area (Å²) in [6.07, 6.45) is 1.74. The molecule has 33 heavy (non-hydrogen) atoms. The quantitative estimate of drug-likeness (QED) is 0.418. The number of rotatable bonds is 13. The molecule has 3 amide bonds. The molecule has 0 fully saturated rings. The van der Waals surface area contributed by atoms with E-state index in [-0.39, 0.29) is 35.5 Å². The van der Waals surface area contributed by atoms with Gasteiger partial charge in [0.2, 0.25) is 17.7 Å². The third-order valence-electron chi connectivity index (χ3n) is 6.49. The van der Waals surface area contributed by atoms with Crippen molar-refractivity contribution in [3.63, 3.8) is 0 Å². The second kappa shape index (κ2) is 14.2. The van der Waals surface area contributed by atoms with Crippen molar-refractivity contribution in [1.29, 1.82) is 0 Å². The van der Waals surface area contributed by atoms with Crippen LogP contribution >= 0.6 is 0 Å². The van der Waals surface area contributed by atoms with E-state index in [1.807, 2.05) is 48.5 Å². The number of nitrogens with zero attached hydrogens (tertiary/aromatic N) is 2. The van der Waals surface area contributed by atoms with Crippen LogP contribution in [0.2, 0.25) is 0 Å². The van der Waals surface area contributed by atoms with Gasteiger partial charge in [-0.1, -0.05) is 54.9 Å². The number of carbonyl (C=O) groups excluding carboxylic acids is 4. The molecule has 8 heteroatoms. The summed E-state index contributed by atoms with van der Waals surface area (Å²) in [6, 6.07) is -2.27. The molecule has 0 saturated carbocycles. The van der Waals surface area contributed by atoms with Gasteiger partial charge in [-0.25, -0.2) is 4.79 Å². The zero-order valence-electron chi connectivity index (χ0n) is 22.6. The molecule has 0 aliphatic rings. The summed E-state index contributed by atoms with van der Waals surface area (Å²) in [5.74, 6) is -1.01. The van der Waals surface area contributed by atoms with Gasteiger partial charge in [-0.15, -0.1) is 0 Å². The van der Waals surface area contributed by atoms with Crippen molar-refractivity contribution in [1.82, 2.24) is 15.1 Å². The Balaban J connectivity index is 5.65. The SMILES string of the molecule is CC[C@H](C)[C@@H](C)C(=O)N(C)[C@@H](C)C(=O)N(C)[C@@H](CC(C)C)C(=O)N[C@@H](CC(C)C)C(=O)OC. The van der Waals surface area contributed by atoms with E-state index < -0.39 is 30.0 Å². The minimum atomic E-state index is -0.779. The number of nitrogens with one attached hydrogen (secondary N) is 1. The van der Waals surface area contributed by atoms with E-state index in [2.05, 4.69) is 5.32 Å². The Morgan fingerprint density at radius 1 is 0.818 bits per heavy atom. The topological polar surface area (TPSA) is 96.0 Å². The molecule has 0 radical (unpaired) electrons. The number of likely N-dealkylation sites (N-methyl/N-ethyl adjacent to an activating group) is 2. The molecule has 0 rings (SSSR count). The number of ether oxygens (including phenoxy) is 1. The highest BCUT2D eigenvalue weighted by Gasteiger charge is 2.36. The fraction of sp³-hybridized carbons (Fsp3) is 0.840. The van der Waals surface area contributed by atoms with Gasteiger partial charge in [0.25, 0.3) is 0 Å². The van der Waals surface area contributed by atoms with Crippen LogP contribution in [-0.4, -0.2) is 72.8 Å². The van der Waals surface area contributed by atoms with E-state index in [0.717, 1.165) is 6.42 Å². The summed E-state index contributed by atoms with van der Waals surface area (Å²) in [7, 11) is 4.50. The van der Waals surface area contributed by atoms with E-state index in [1.54, 1.807) is 21.0 Å². The first-order valence-corrected chi connectivity index (χ1v) is 12.1. The lowest BCUT2D eigenvalue weighted by Crippen LogP contribution is -2.56. The number of hydrogen-bond donors (Lipinski definition) is 1. The van der Waals surface area contributed by atoms with Crippen LogP contribution in [0.3, 0.4) is 0 Å². The van der Waals surface area contributed by atoms with Crippen molar-refractivity contribution in [2.45, 2.75) is 92.8 Å². The predicted molar refractivity (Wildman–Crippen MR) is 130 cm³/mol. The van der Waals surface area contributed by atoms with Crippen molar-refractivity contribution in [3.05, 3.63) is 0 Å². The number of amides is 3. The van der Waals surface area contributed by atoms with E-state index in [1.165, 1.54) is 16.9 Å². The second-order valence-electron chi connectivity index (χ2n) is 10.1. The smallest absolute Gasteiger partial charge is 0.328 e. The number of carbonyl (C=O) groups is 4. The molecule has 0 heterocycles. The van der Waals surface area contributed by atoms with Crippen LogP contribution in [0.1, 0.15) is 74.7 Å². The van der Waals surface area contributed by atoms with Gasteiger partial charge in [-0.05, 0) is 37.5 Å². The van der Waals surface area contributed by atoms with Crippen molar-refractivity contribution in [3.8, 4) is 0 Å². The zero-order valence-corrected chi connectivity index (χ0v) is 22.6. The average Bonchev–Trinajstić information content (AvgIpc) is 2.77. The average molecular weight is 470 g/mol. The van der Waals surface area contributed by atoms with Crippen LogP contribution in [0, 0.1) is 23.7 Å². The maximum Gasteiger partial charge on any atom is 0.328 e. The van der Waals surface area contributed by atoms with Gasteiger partial charge in [-0.2, -0.15) is 0 Å². The van der Waals surface area contributed by atoms with Crippen molar-refractivity contribution >= 4 is 23.7 Å². The maximum absolute atomic E-state index is 13.3. The fourth-order valence-electron chi connectivity index (χ4n) is 3.71. The Hall–Kier alpha value is -2.12. The molecule has 192 valence electrons. The van der Waals surface area contributed by atoms with Crippen LogP contribution in [-0.2, 0) is 23.9 Å². The Morgan fingerprint density at radius 3 is 1.76 bits per heavy atom. The lowest BCUT2D eigenvalue weighted by atomic mass is 9.92. The minimum absolute atomic E-state index is 0.0915. The molecule has 0 bridgehead atoms. The molecule has 0 aliphatic carbocycles. The first kappa shape index (κ1) is 30.9. The number of esters is 1. The molecule has 0 unspecified atom stereocenters. The van der Waals surface area contributed by atoms with Gasteiger partial charge >= 0.3 is 5.97 Å². The van der Waals surface area contributed by atoms with Gasteiger partial charge in [0.15, 0.2) is 0 Å². The van der Waals surface area contributed by atoms with Crippen LogP contribution in [0.25, 0.3) is 0 Å². The minimum Gasteiger partial charge on any atom is -0.467 e. The summed E-state index contributed by atoms with van der Waals surface area (Å²) in [4.78, 5) is 54.4. The van der Waals surface area contributed by atoms with Crippen molar-refractivity contribution in [2.75, 3.05) is 21.2 Å². The van der Waals surface area contributed by atoms with Gasteiger partial charge in [-0.3, -0.25) is 14.4 Å². The maximum atomic E-state index is 13.3. The Morgan fingerprint density at radius 2 is 1.33 bits per heavy atom. The molecular weight excluding hydrogens is 422 g/mol. The van der Waals surface area contributed by atoms with Crippen molar-refractivity contribution < 1.29 is 23.9 Å². The summed E-state index contributed by atoms with van der Waals surface area (Å²) < 4.78 is 4.85. The molecule has 8 nitrogen and oxygen atoms in total. The Labute approximate surface area is 200 Å².